The molecule has 0 bridgehead atoms. The van der Waals surface area contributed by atoms with Crippen molar-refractivity contribution in [2.45, 2.75) is 18.9 Å². The van der Waals surface area contributed by atoms with Crippen LogP contribution in [0, 0.1) is 13.8 Å². The van der Waals surface area contributed by atoms with Gasteiger partial charge in [0.05, 0.1) is 24.1 Å². The van der Waals surface area contributed by atoms with E-state index in [0.717, 1.165) is 16.9 Å². The van der Waals surface area contributed by atoms with Gasteiger partial charge >= 0.3 is 0 Å². The molecule has 0 atom stereocenters. The Labute approximate surface area is 180 Å². The zero-order valence-corrected chi connectivity index (χ0v) is 17.9. The number of thioether (sulfide) groups is 1. The fraction of sp³-hybridized carbons (Fsp3) is 0.174. The lowest BCUT2D eigenvalue weighted by molar-refractivity contribution is -0.113. The van der Waals surface area contributed by atoms with Gasteiger partial charge in [0.2, 0.25) is 5.91 Å². The van der Waals surface area contributed by atoms with Crippen LogP contribution in [-0.4, -0.2) is 29.7 Å². The van der Waals surface area contributed by atoms with Gasteiger partial charge in [-0.05, 0) is 49.7 Å². The van der Waals surface area contributed by atoms with Crippen LogP contribution in [0.2, 0.25) is 0 Å². The number of rotatable bonds is 7. The van der Waals surface area contributed by atoms with Gasteiger partial charge < -0.3 is 15.4 Å². The number of methoxy groups -OCH3 is 1. The first kappa shape index (κ1) is 21.4. The number of hydrogen-bond donors (Lipinski definition) is 2. The van der Waals surface area contributed by atoms with Gasteiger partial charge in [0.25, 0.3) is 5.91 Å². The second-order valence-electron chi connectivity index (χ2n) is 6.62. The van der Waals surface area contributed by atoms with Crippen LogP contribution in [0.1, 0.15) is 21.6 Å². The van der Waals surface area contributed by atoms with E-state index < -0.39 is 0 Å². The summed E-state index contributed by atoms with van der Waals surface area (Å²) in [6.07, 6.45) is 0. The lowest BCUT2D eigenvalue weighted by atomic mass is 10.1. The van der Waals surface area contributed by atoms with Crippen molar-refractivity contribution in [2.24, 2.45) is 0 Å². The minimum Gasteiger partial charge on any atom is -0.495 e. The molecule has 0 radical (unpaired) electrons. The molecule has 0 saturated heterocycles. The standard InChI is InChI=1S/C23H23N3O3S/c1-15-13-16(2)24-23(30-14-20(27)25-17-9-5-4-6-10-17)21(15)22(28)26-18-11-7-8-12-19(18)29-3/h4-13H,14H2,1-3H3,(H,25,27)(H,26,28). The van der Waals surface area contributed by atoms with Crippen LogP contribution in [0.5, 0.6) is 5.75 Å². The molecular formula is C23H23N3O3S. The van der Waals surface area contributed by atoms with E-state index in [1.54, 1.807) is 19.2 Å². The van der Waals surface area contributed by atoms with E-state index in [2.05, 4.69) is 15.6 Å². The van der Waals surface area contributed by atoms with Crippen molar-refractivity contribution in [1.29, 1.82) is 0 Å². The SMILES string of the molecule is COc1ccccc1NC(=O)c1c(C)cc(C)nc1SCC(=O)Nc1ccccc1. The summed E-state index contributed by atoms with van der Waals surface area (Å²) < 4.78 is 5.31. The third kappa shape index (κ3) is 5.39. The molecule has 0 aliphatic rings. The number of carbonyl (C=O) groups excluding carboxylic acids is 2. The lowest BCUT2D eigenvalue weighted by Gasteiger charge is -2.14. The summed E-state index contributed by atoms with van der Waals surface area (Å²) in [5, 5.41) is 6.25. The van der Waals surface area contributed by atoms with Gasteiger partial charge in [0.15, 0.2) is 0 Å². The van der Waals surface area contributed by atoms with Gasteiger partial charge in [0, 0.05) is 11.4 Å². The maximum Gasteiger partial charge on any atom is 0.258 e. The summed E-state index contributed by atoms with van der Waals surface area (Å²) in [4.78, 5) is 29.9. The molecule has 1 heterocycles. The Morgan fingerprint density at radius 3 is 2.43 bits per heavy atom. The number of benzene rings is 2. The van der Waals surface area contributed by atoms with Crippen molar-refractivity contribution in [3.8, 4) is 5.75 Å². The minimum absolute atomic E-state index is 0.139. The maximum atomic E-state index is 13.1. The van der Waals surface area contributed by atoms with Crippen LogP contribution < -0.4 is 15.4 Å². The molecule has 0 spiro atoms. The molecule has 0 aliphatic carbocycles. The lowest BCUT2D eigenvalue weighted by Crippen LogP contribution is -2.18. The Morgan fingerprint density at radius 2 is 1.70 bits per heavy atom. The molecule has 2 amide bonds. The van der Waals surface area contributed by atoms with Crippen molar-refractivity contribution in [3.05, 3.63) is 77.5 Å². The normalized spacial score (nSPS) is 10.4. The van der Waals surface area contributed by atoms with Crippen LogP contribution in [0.3, 0.4) is 0 Å². The van der Waals surface area contributed by atoms with Gasteiger partial charge in [-0.3, -0.25) is 9.59 Å². The van der Waals surface area contributed by atoms with E-state index in [4.69, 9.17) is 4.74 Å². The highest BCUT2D eigenvalue weighted by Gasteiger charge is 2.19. The van der Waals surface area contributed by atoms with E-state index in [9.17, 15) is 9.59 Å². The average molecular weight is 422 g/mol. The third-order valence-corrected chi connectivity index (χ3v) is 5.27. The highest BCUT2D eigenvalue weighted by molar-refractivity contribution is 8.00. The number of anilines is 2. The number of pyridine rings is 1. The van der Waals surface area contributed by atoms with E-state index in [-0.39, 0.29) is 17.6 Å². The molecule has 154 valence electrons. The van der Waals surface area contributed by atoms with Crippen LogP contribution in [0.4, 0.5) is 11.4 Å². The highest BCUT2D eigenvalue weighted by Crippen LogP contribution is 2.28. The molecule has 30 heavy (non-hydrogen) atoms. The number of ether oxygens (including phenoxy) is 1. The molecule has 0 fully saturated rings. The Kier molecular flexibility index (Phi) is 7.08. The van der Waals surface area contributed by atoms with Crippen LogP contribution in [0.25, 0.3) is 0 Å². The van der Waals surface area contributed by atoms with Gasteiger partial charge in [0.1, 0.15) is 10.8 Å². The van der Waals surface area contributed by atoms with Crippen molar-refractivity contribution >= 4 is 35.0 Å². The monoisotopic (exact) mass is 421 g/mol. The molecule has 1 aromatic heterocycles. The van der Waals surface area contributed by atoms with E-state index in [1.807, 2.05) is 62.4 Å². The summed E-state index contributed by atoms with van der Waals surface area (Å²) in [5.41, 5.74) is 3.32. The second kappa shape index (κ2) is 9.93. The van der Waals surface area contributed by atoms with Crippen molar-refractivity contribution in [1.82, 2.24) is 4.98 Å². The first-order chi connectivity index (χ1) is 14.5. The molecule has 0 aliphatic heterocycles. The Balaban J connectivity index is 1.78. The van der Waals surface area contributed by atoms with E-state index >= 15 is 0 Å². The average Bonchev–Trinajstić information content (AvgIpc) is 2.73. The number of nitrogens with one attached hydrogen (secondary N) is 2. The quantitative estimate of drug-likeness (QED) is 0.541. The summed E-state index contributed by atoms with van der Waals surface area (Å²) in [7, 11) is 1.55. The molecule has 2 aromatic carbocycles. The summed E-state index contributed by atoms with van der Waals surface area (Å²) in [5.74, 6) is 0.249. The molecule has 0 unspecified atom stereocenters. The van der Waals surface area contributed by atoms with Crippen LogP contribution in [0.15, 0.2) is 65.7 Å². The molecule has 0 saturated carbocycles. The number of aryl methyl sites for hydroxylation is 2. The summed E-state index contributed by atoms with van der Waals surface area (Å²) in [6.45, 7) is 3.73. The number of hydrogen-bond acceptors (Lipinski definition) is 5. The smallest absolute Gasteiger partial charge is 0.258 e. The molecule has 7 heteroatoms. The predicted molar refractivity (Wildman–Crippen MR) is 120 cm³/mol. The van der Waals surface area contributed by atoms with Gasteiger partial charge in [-0.25, -0.2) is 4.98 Å². The van der Waals surface area contributed by atoms with Crippen molar-refractivity contribution in [3.63, 3.8) is 0 Å². The zero-order valence-electron chi connectivity index (χ0n) is 17.1. The Morgan fingerprint density at radius 1 is 1.00 bits per heavy atom. The largest absolute Gasteiger partial charge is 0.495 e. The number of carbonyl (C=O) groups is 2. The highest BCUT2D eigenvalue weighted by atomic mass is 32.2. The Bertz CT molecular complexity index is 1050. The van der Waals surface area contributed by atoms with Gasteiger partial charge in [-0.15, -0.1) is 0 Å². The van der Waals surface area contributed by atoms with E-state index in [0.29, 0.717) is 22.0 Å². The number of para-hydroxylation sites is 3. The maximum absolute atomic E-state index is 13.1. The third-order valence-electron chi connectivity index (χ3n) is 4.29. The first-order valence-electron chi connectivity index (χ1n) is 9.38. The zero-order chi connectivity index (χ0) is 21.5. The number of nitrogens with zero attached hydrogens (tertiary/aromatic N) is 1. The molecule has 6 nitrogen and oxygen atoms in total. The second-order valence-corrected chi connectivity index (χ2v) is 7.58. The van der Waals surface area contributed by atoms with E-state index in [1.165, 1.54) is 11.8 Å². The summed E-state index contributed by atoms with van der Waals surface area (Å²) >= 11 is 1.24. The molecular weight excluding hydrogens is 398 g/mol. The van der Waals surface area contributed by atoms with Crippen LogP contribution in [-0.2, 0) is 4.79 Å². The fourth-order valence-electron chi connectivity index (χ4n) is 2.97. The topological polar surface area (TPSA) is 80.3 Å². The molecule has 2 N–H and O–H groups in total. The molecule has 3 rings (SSSR count). The first-order valence-corrected chi connectivity index (χ1v) is 10.4. The molecule has 3 aromatic rings. The minimum atomic E-state index is -0.296. The number of amides is 2. The van der Waals surface area contributed by atoms with Crippen LogP contribution >= 0.6 is 11.8 Å². The Hall–Kier alpha value is -3.32. The predicted octanol–water partition coefficient (Wildman–Crippen LogP) is 4.69. The van der Waals surface area contributed by atoms with Gasteiger partial charge in [-0.1, -0.05) is 42.1 Å². The van der Waals surface area contributed by atoms with Crippen molar-refractivity contribution < 1.29 is 14.3 Å². The van der Waals surface area contributed by atoms with Gasteiger partial charge in [-0.2, -0.15) is 0 Å². The fourth-order valence-corrected chi connectivity index (χ4v) is 3.91. The number of aromatic nitrogens is 1. The summed E-state index contributed by atoms with van der Waals surface area (Å²) in [6, 6.07) is 18.3. The van der Waals surface area contributed by atoms with Crippen molar-refractivity contribution in [2.75, 3.05) is 23.5 Å².